The molecule has 0 fully saturated rings. The van der Waals surface area contributed by atoms with Gasteiger partial charge in [0.2, 0.25) is 0 Å². The number of aliphatic hydroxyl groups excluding tert-OH is 1. The summed E-state index contributed by atoms with van der Waals surface area (Å²) in [6.07, 6.45) is 1.21. The van der Waals surface area contributed by atoms with E-state index in [-0.39, 0.29) is 24.7 Å². The van der Waals surface area contributed by atoms with Crippen molar-refractivity contribution in [3.8, 4) is 16.8 Å². The van der Waals surface area contributed by atoms with Gasteiger partial charge in [-0.1, -0.05) is 29.8 Å². The van der Waals surface area contributed by atoms with E-state index in [0.29, 0.717) is 17.1 Å². The van der Waals surface area contributed by atoms with Crippen LogP contribution >= 0.6 is 0 Å². The first-order valence-electron chi connectivity index (χ1n) is 9.50. The smallest absolute Gasteiger partial charge is 0.251 e. The lowest BCUT2D eigenvalue weighted by Crippen LogP contribution is -2.35. The summed E-state index contributed by atoms with van der Waals surface area (Å²) in [6, 6.07) is 13.3. The molecule has 2 aromatic carbocycles. The summed E-state index contributed by atoms with van der Waals surface area (Å²) in [5.41, 5.74) is 4.22. The van der Waals surface area contributed by atoms with Crippen LogP contribution in [0.15, 0.2) is 48.8 Å². The summed E-state index contributed by atoms with van der Waals surface area (Å²) in [5, 5.41) is 16.4. The van der Waals surface area contributed by atoms with Gasteiger partial charge >= 0.3 is 0 Å². The molecule has 0 aliphatic heterocycles. The molecule has 3 rings (SSSR count). The van der Waals surface area contributed by atoms with Crippen LogP contribution in [0.4, 0.5) is 0 Å². The van der Waals surface area contributed by atoms with Gasteiger partial charge in [0.15, 0.2) is 5.82 Å². The number of hydrogen-bond donors (Lipinski definition) is 2. The van der Waals surface area contributed by atoms with Crippen molar-refractivity contribution in [3.05, 3.63) is 65.7 Å². The number of hydrogen-bond acceptors (Lipinski definition) is 5. The van der Waals surface area contributed by atoms with Crippen LogP contribution in [0.3, 0.4) is 0 Å². The Kier molecular flexibility index (Phi) is 6.41. The minimum absolute atomic E-state index is 0.130. The van der Waals surface area contributed by atoms with Crippen LogP contribution in [0.2, 0.25) is 0 Å². The monoisotopic (exact) mass is 394 g/mol. The second-order valence-electron chi connectivity index (χ2n) is 7.10. The first kappa shape index (κ1) is 20.7. The number of ether oxygens (including phenoxy) is 1. The first-order chi connectivity index (χ1) is 13.9. The van der Waals surface area contributed by atoms with Crippen molar-refractivity contribution in [2.24, 2.45) is 0 Å². The van der Waals surface area contributed by atoms with Crippen LogP contribution in [-0.2, 0) is 4.74 Å². The summed E-state index contributed by atoms with van der Waals surface area (Å²) >= 11 is 0. The maximum atomic E-state index is 12.8. The summed E-state index contributed by atoms with van der Waals surface area (Å²) in [6.45, 7) is 5.54. The van der Waals surface area contributed by atoms with E-state index in [4.69, 9.17) is 4.74 Å². The van der Waals surface area contributed by atoms with Crippen molar-refractivity contribution in [3.63, 3.8) is 0 Å². The van der Waals surface area contributed by atoms with Crippen molar-refractivity contribution >= 4 is 5.91 Å². The van der Waals surface area contributed by atoms with Gasteiger partial charge in [-0.15, -0.1) is 0 Å². The minimum atomic E-state index is -0.343. The van der Waals surface area contributed by atoms with Gasteiger partial charge in [0.1, 0.15) is 12.4 Å². The van der Waals surface area contributed by atoms with Crippen LogP contribution < -0.4 is 5.32 Å². The number of carbonyl (C=O) groups excluding carboxylic acids is 1. The summed E-state index contributed by atoms with van der Waals surface area (Å²) < 4.78 is 7.08. The zero-order valence-electron chi connectivity index (χ0n) is 17.1. The summed E-state index contributed by atoms with van der Waals surface area (Å²) in [7, 11) is 1.61. The van der Waals surface area contributed by atoms with Crippen molar-refractivity contribution in [2.45, 2.75) is 32.9 Å². The van der Waals surface area contributed by atoms with Crippen LogP contribution in [-0.4, -0.2) is 45.5 Å². The molecular weight excluding hydrogens is 368 g/mol. The third-order valence-corrected chi connectivity index (χ3v) is 4.75. The molecule has 0 radical (unpaired) electrons. The van der Waals surface area contributed by atoms with Crippen molar-refractivity contribution in [2.75, 3.05) is 13.7 Å². The number of nitrogens with one attached hydrogen (secondary N) is 1. The van der Waals surface area contributed by atoms with E-state index in [9.17, 15) is 9.90 Å². The highest BCUT2D eigenvalue weighted by Gasteiger charge is 2.17. The van der Waals surface area contributed by atoms with E-state index in [1.807, 2.05) is 50.2 Å². The number of rotatable bonds is 7. The first-order valence-corrected chi connectivity index (χ1v) is 9.50. The third-order valence-electron chi connectivity index (χ3n) is 4.75. The molecule has 7 heteroatoms. The van der Waals surface area contributed by atoms with Gasteiger partial charge < -0.3 is 15.2 Å². The van der Waals surface area contributed by atoms with Gasteiger partial charge in [-0.05, 0) is 50.1 Å². The van der Waals surface area contributed by atoms with Gasteiger partial charge in [0.05, 0.1) is 12.3 Å². The van der Waals surface area contributed by atoms with Gasteiger partial charge in [-0.3, -0.25) is 4.79 Å². The molecule has 0 bridgehead atoms. The zero-order chi connectivity index (χ0) is 21.0. The van der Waals surface area contributed by atoms with Gasteiger partial charge in [0, 0.05) is 18.7 Å². The van der Waals surface area contributed by atoms with E-state index in [1.54, 1.807) is 24.8 Å². The average molecular weight is 394 g/mol. The lowest BCUT2D eigenvalue weighted by molar-refractivity contribution is 0.0922. The fourth-order valence-corrected chi connectivity index (χ4v) is 2.96. The minimum Gasteiger partial charge on any atom is -0.394 e. The lowest BCUT2D eigenvalue weighted by Gasteiger charge is -2.15. The Morgan fingerprint density at radius 3 is 2.55 bits per heavy atom. The number of carbonyl (C=O) groups is 1. The SMILES string of the molecule is COC(C)c1ncnn1-c1cc(C(=O)N[C@@H](C)CO)cc(-c2ccc(C)cc2)c1. The third kappa shape index (κ3) is 4.70. The lowest BCUT2D eigenvalue weighted by atomic mass is 10.0. The number of aliphatic hydroxyl groups is 1. The predicted octanol–water partition coefficient (Wildman–Crippen LogP) is 3.06. The maximum absolute atomic E-state index is 12.8. The number of amides is 1. The molecule has 0 spiro atoms. The van der Waals surface area contributed by atoms with Crippen LogP contribution in [0.1, 0.15) is 41.7 Å². The molecule has 1 aromatic heterocycles. The fourth-order valence-electron chi connectivity index (χ4n) is 2.96. The van der Waals surface area contributed by atoms with E-state index in [2.05, 4.69) is 15.4 Å². The number of aryl methyl sites for hydroxylation is 1. The number of aromatic nitrogens is 3. The molecule has 1 heterocycles. The number of benzene rings is 2. The normalized spacial score (nSPS) is 13.1. The van der Waals surface area contributed by atoms with E-state index < -0.39 is 0 Å². The van der Waals surface area contributed by atoms with Crippen molar-refractivity contribution in [1.29, 1.82) is 0 Å². The average Bonchev–Trinajstić information content (AvgIpc) is 3.23. The molecule has 1 amide bonds. The van der Waals surface area contributed by atoms with Crippen molar-refractivity contribution < 1.29 is 14.6 Å². The Morgan fingerprint density at radius 2 is 1.90 bits per heavy atom. The Balaban J connectivity index is 2.12. The van der Waals surface area contributed by atoms with Gasteiger partial charge in [0.25, 0.3) is 5.91 Å². The summed E-state index contributed by atoms with van der Waals surface area (Å²) in [4.78, 5) is 17.1. The number of methoxy groups -OCH3 is 1. The Morgan fingerprint density at radius 1 is 1.17 bits per heavy atom. The molecular formula is C22H26N4O3. The molecule has 0 aliphatic carbocycles. The van der Waals surface area contributed by atoms with Gasteiger partial charge in [-0.2, -0.15) is 5.10 Å². The highest BCUT2D eigenvalue weighted by atomic mass is 16.5. The molecule has 7 nitrogen and oxygen atoms in total. The number of nitrogens with zero attached hydrogens (tertiary/aromatic N) is 3. The molecule has 29 heavy (non-hydrogen) atoms. The zero-order valence-corrected chi connectivity index (χ0v) is 17.1. The highest BCUT2D eigenvalue weighted by Crippen LogP contribution is 2.26. The molecule has 3 aromatic rings. The molecule has 0 saturated carbocycles. The highest BCUT2D eigenvalue weighted by molar-refractivity contribution is 5.96. The van der Waals surface area contributed by atoms with Gasteiger partial charge in [-0.25, -0.2) is 9.67 Å². The van der Waals surface area contributed by atoms with E-state index in [1.165, 1.54) is 6.33 Å². The molecule has 2 N–H and O–H groups in total. The molecule has 1 unspecified atom stereocenters. The Bertz CT molecular complexity index is 982. The van der Waals surface area contributed by atoms with E-state index in [0.717, 1.165) is 16.7 Å². The Labute approximate surface area is 170 Å². The molecule has 0 saturated heterocycles. The second kappa shape index (κ2) is 8.98. The quantitative estimate of drug-likeness (QED) is 0.643. The molecule has 2 atom stereocenters. The van der Waals surface area contributed by atoms with E-state index >= 15 is 0 Å². The maximum Gasteiger partial charge on any atom is 0.251 e. The van der Waals surface area contributed by atoms with Crippen LogP contribution in [0.5, 0.6) is 0 Å². The predicted molar refractivity (Wildman–Crippen MR) is 111 cm³/mol. The Hall–Kier alpha value is -3.03. The summed E-state index contributed by atoms with van der Waals surface area (Å²) in [5.74, 6) is 0.381. The largest absolute Gasteiger partial charge is 0.394 e. The topological polar surface area (TPSA) is 89.3 Å². The molecule has 152 valence electrons. The standard InChI is InChI=1S/C22H26N4O3/c1-14-5-7-17(8-6-14)18-9-19(22(28)25-15(2)12-27)11-20(10-18)26-21(16(3)29-4)23-13-24-26/h5-11,13,15-16,27H,12H2,1-4H3,(H,25,28)/t15-,16?/m0/s1. The fraction of sp³-hybridized carbons (Fsp3) is 0.318. The van der Waals surface area contributed by atoms with Crippen molar-refractivity contribution in [1.82, 2.24) is 20.1 Å². The van der Waals surface area contributed by atoms with Crippen LogP contribution in [0.25, 0.3) is 16.8 Å². The second-order valence-corrected chi connectivity index (χ2v) is 7.10. The molecule has 0 aliphatic rings. The van der Waals surface area contributed by atoms with Crippen LogP contribution in [0, 0.1) is 6.92 Å².